The Morgan fingerprint density at radius 3 is 2.73 bits per heavy atom. The molecule has 0 spiro atoms. The first-order chi connectivity index (χ1) is 7.16. The highest BCUT2D eigenvalue weighted by Gasteiger charge is 2.20. The summed E-state index contributed by atoms with van der Waals surface area (Å²) in [6.45, 7) is 1.71. The van der Waals surface area contributed by atoms with E-state index < -0.39 is 0 Å². The molecule has 0 bridgehead atoms. The zero-order valence-corrected chi connectivity index (χ0v) is 9.00. The van der Waals surface area contributed by atoms with E-state index in [2.05, 4.69) is 0 Å². The average molecular weight is 226 g/mol. The van der Waals surface area contributed by atoms with Gasteiger partial charge >= 0.3 is 0 Å². The van der Waals surface area contributed by atoms with E-state index in [-0.39, 0.29) is 11.7 Å². The van der Waals surface area contributed by atoms with Gasteiger partial charge in [-0.25, -0.2) is 0 Å². The number of rotatable bonds is 2. The summed E-state index contributed by atoms with van der Waals surface area (Å²) < 4.78 is 0. The lowest BCUT2D eigenvalue weighted by Crippen LogP contribution is -2.42. The molecule has 1 aliphatic rings. The summed E-state index contributed by atoms with van der Waals surface area (Å²) in [5.74, 6) is 0.231. The van der Waals surface area contributed by atoms with E-state index in [1.165, 1.54) is 6.07 Å². The third kappa shape index (κ3) is 2.23. The van der Waals surface area contributed by atoms with Crippen molar-refractivity contribution in [3.63, 3.8) is 0 Å². The smallest absolute Gasteiger partial charge is 0.227 e. The molecule has 0 radical (unpaired) electrons. The molecule has 4 heteroatoms. The van der Waals surface area contributed by atoms with Crippen molar-refractivity contribution in [3.05, 3.63) is 28.8 Å². The summed E-state index contributed by atoms with van der Waals surface area (Å²) >= 11 is 5.91. The number of phenolic OH excluding ortho intramolecular Hbond substituents is 1. The van der Waals surface area contributed by atoms with Crippen LogP contribution in [-0.2, 0) is 11.2 Å². The Labute approximate surface area is 93.3 Å². The van der Waals surface area contributed by atoms with Crippen LogP contribution in [0.2, 0.25) is 5.02 Å². The predicted molar refractivity (Wildman–Crippen MR) is 58.0 cm³/mol. The minimum Gasteiger partial charge on any atom is -0.508 e. The molecule has 0 atom stereocenters. The van der Waals surface area contributed by atoms with Gasteiger partial charge < -0.3 is 10.0 Å². The number of hydrogen-bond acceptors (Lipinski definition) is 2. The molecule has 0 aliphatic carbocycles. The van der Waals surface area contributed by atoms with Gasteiger partial charge in [0, 0.05) is 18.1 Å². The number of hydrogen-bond donors (Lipinski definition) is 1. The normalized spacial score (nSPS) is 14.9. The van der Waals surface area contributed by atoms with Crippen molar-refractivity contribution in [1.82, 2.24) is 4.90 Å². The number of likely N-dealkylation sites (tertiary alicyclic amines) is 1. The average Bonchev–Trinajstić information content (AvgIpc) is 2.07. The number of carbonyl (C=O) groups excluding carboxylic acids is 1. The molecule has 3 nitrogen and oxygen atoms in total. The molecular formula is C11H12ClNO2. The fourth-order valence-electron chi connectivity index (χ4n) is 1.52. The third-order valence-electron chi connectivity index (χ3n) is 2.59. The second-order valence-corrected chi connectivity index (χ2v) is 4.09. The Balaban J connectivity index is 2.06. The number of phenols is 1. The van der Waals surface area contributed by atoms with Crippen molar-refractivity contribution in [1.29, 1.82) is 0 Å². The maximum atomic E-state index is 11.6. The first kappa shape index (κ1) is 10.3. The monoisotopic (exact) mass is 225 g/mol. The van der Waals surface area contributed by atoms with Crippen molar-refractivity contribution in [3.8, 4) is 5.75 Å². The first-order valence-corrected chi connectivity index (χ1v) is 5.30. The number of amides is 1. The van der Waals surface area contributed by atoms with Gasteiger partial charge in [0.05, 0.1) is 6.42 Å². The topological polar surface area (TPSA) is 40.5 Å². The molecule has 15 heavy (non-hydrogen) atoms. The fourth-order valence-corrected chi connectivity index (χ4v) is 1.76. The van der Waals surface area contributed by atoms with E-state index in [1.807, 2.05) is 4.90 Å². The van der Waals surface area contributed by atoms with Crippen molar-refractivity contribution in [2.75, 3.05) is 13.1 Å². The van der Waals surface area contributed by atoms with Gasteiger partial charge in [-0.2, -0.15) is 0 Å². The second-order valence-electron chi connectivity index (χ2n) is 3.69. The summed E-state index contributed by atoms with van der Waals surface area (Å²) in [6.07, 6.45) is 1.41. The zero-order chi connectivity index (χ0) is 10.8. The molecule has 1 heterocycles. The van der Waals surface area contributed by atoms with Gasteiger partial charge in [-0.05, 0) is 24.1 Å². The third-order valence-corrected chi connectivity index (χ3v) is 2.94. The number of benzene rings is 1. The number of halogens is 1. The molecule has 0 unspecified atom stereocenters. The van der Waals surface area contributed by atoms with Crippen molar-refractivity contribution >= 4 is 17.5 Å². The molecule has 1 aliphatic heterocycles. The molecule has 80 valence electrons. The van der Waals surface area contributed by atoms with Crippen LogP contribution in [0.1, 0.15) is 12.0 Å². The quantitative estimate of drug-likeness (QED) is 0.834. The molecule has 0 aromatic heterocycles. The number of nitrogens with zero attached hydrogens (tertiary/aromatic N) is 1. The summed E-state index contributed by atoms with van der Waals surface area (Å²) in [6, 6.07) is 4.69. The summed E-state index contributed by atoms with van der Waals surface area (Å²) in [4.78, 5) is 13.4. The van der Waals surface area contributed by atoms with Crippen LogP contribution in [0, 0.1) is 0 Å². The van der Waals surface area contributed by atoms with Crippen LogP contribution in [0.3, 0.4) is 0 Å². The van der Waals surface area contributed by atoms with Crippen LogP contribution >= 0.6 is 11.6 Å². The highest BCUT2D eigenvalue weighted by Crippen LogP contribution is 2.22. The minimum absolute atomic E-state index is 0.105. The molecule has 1 aromatic rings. The predicted octanol–water partition coefficient (Wildman–Crippen LogP) is 1.82. The second kappa shape index (κ2) is 4.11. The lowest BCUT2D eigenvalue weighted by molar-refractivity contribution is -0.133. The maximum absolute atomic E-state index is 11.6. The first-order valence-electron chi connectivity index (χ1n) is 4.92. The summed E-state index contributed by atoms with van der Waals surface area (Å²) in [5.41, 5.74) is 0.770. The van der Waals surface area contributed by atoms with Gasteiger partial charge in [-0.1, -0.05) is 17.7 Å². The van der Waals surface area contributed by atoms with Crippen LogP contribution in [0.5, 0.6) is 5.75 Å². The Morgan fingerprint density at radius 1 is 1.47 bits per heavy atom. The van der Waals surface area contributed by atoms with Crippen LogP contribution < -0.4 is 0 Å². The molecule has 1 aromatic carbocycles. The Hall–Kier alpha value is -1.22. The van der Waals surface area contributed by atoms with Gasteiger partial charge in [-0.15, -0.1) is 0 Å². The Kier molecular flexibility index (Phi) is 2.82. The van der Waals surface area contributed by atoms with Crippen molar-refractivity contribution < 1.29 is 9.90 Å². The van der Waals surface area contributed by atoms with Crippen LogP contribution in [0.15, 0.2) is 18.2 Å². The van der Waals surface area contributed by atoms with Crippen LogP contribution in [-0.4, -0.2) is 29.0 Å². The fraction of sp³-hybridized carbons (Fsp3) is 0.364. The summed E-state index contributed by atoms with van der Waals surface area (Å²) in [5, 5.41) is 9.61. The van der Waals surface area contributed by atoms with E-state index in [0.717, 1.165) is 25.1 Å². The van der Waals surface area contributed by atoms with Crippen LogP contribution in [0.4, 0.5) is 0 Å². The van der Waals surface area contributed by atoms with E-state index in [9.17, 15) is 4.79 Å². The standard InChI is InChI=1S/C11H12ClNO2/c12-10-7-9(14)3-2-8(10)6-11(15)13-4-1-5-13/h2-3,7,14H,1,4-6H2. The Bertz CT molecular complexity index is 388. The SMILES string of the molecule is O=C(Cc1ccc(O)cc1Cl)N1CCC1. The Morgan fingerprint density at radius 2 is 2.20 bits per heavy atom. The lowest BCUT2D eigenvalue weighted by Gasteiger charge is -2.31. The molecule has 0 saturated carbocycles. The number of carbonyl (C=O) groups is 1. The zero-order valence-electron chi connectivity index (χ0n) is 8.24. The molecule has 1 saturated heterocycles. The highest BCUT2D eigenvalue weighted by molar-refractivity contribution is 6.31. The largest absolute Gasteiger partial charge is 0.508 e. The molecule has 1 N–H and O–H groups in total. The number of aromatic hydroxyl groups is 1. The minimum atomic E-state index is 0.105. The molecule has 2 rings (SSSR count). The molecule has 1 fully saturated rings. The van der Waals surface area contributed by atoms with Crippen molar-refractivity contribution in [2.45, 2.75) is 12.8 Å². The van der Waals surface area contributed by atoms with Crippen LogP contribution in [0.25, 0.3) is 0 Å². The van der Waals surface area contributed by atoms with E-state index in [0.29, 0.717) is 11.4 Å². The van der Waals surface area contributed by atoms with E-state index >= 15 is 0 Å². The van der Waals surface area contributed by atoms with Gasteiger partial charge in [-0.3, -0.25) is 4.79 Å². The van der Waals surface area contributed by atoms with Gasteiger partial charge in [0.15, 0.2) is 0 Å². The highest BCUT2D eigenvalue weighted by atomic mass is 35.5. The summed E-state index contributed by atoms with van der Waals surface area (Å²) in [7, 11) is 0. The van der Waals surface area contributed by atoms with Gasteiger partial charge in [0.1, 0.15) is 5.75 Å². The van der Waals surface area contributed by atoms with Gasteiger partial charge in [0.2, 0.25) is 5.91 Å². The van der Waals surface area contributed by atoms with E-state index in [4.69, 9.17) is 16.7 Å². The molecule has 1 amide bonds. The van der Waals surface area contributed by atoms with Crippen molar-refractivity contribution in [2.24, 2.45) is 0 Å². The van der Waals surface area contributed by atoms with E-state index in [1.54, 1.807) is 12.1 Å². The lowest BCUT2D eigenvalue weighted by atomic mass is 10.1. The maximum Gasteiger partial charge on any atom is 0.227 e. The van der Waals surface area contributed by atoms with Gasteiger partial charge in [0.25, 0.3) is 0 Å². The molecular weight excluding hydrogens is 214 g/mol.